The summed E-state index contributed by atoms with van der Waals surface area (Å²) in [4.78, 5) is 37.9. The highest BCUT2D eigenvalue weighted by atomic mass is 32.2. The fraction of sp³-hybridized carbons (Fsp3) is 0.286. The van der Waals surface area contributed by atoms with Gasteiger partial charge < -0.3 is 9.30 Å². The molecule has 3 rings (SSSR count). The average Bonchev–Trinajstić information content (AvgIpc) is 3.05. The monoisotopic (exact) mass is 398 g/mol. The number of benzene rings is 1. The molecule has 0 aliphatic carbocycles. The minimum absolute atomic E-state index is 0.300. The molecule has 7 heteroatoms. The Labute approximate surface area is 168 Å². The second kappa shape index (κ2) is 8.06. The van der Waals surface area contributed by atoms with Crippen molar-refractivity contribution in [2.24, 2.45) is 0 Å². The Bertz CT molecular complexity index is 960. The second-order valence-corrected chi connectivity index (χ2v) is 7.80. The van der Waals surface area contributed by atoms with Crippen molar-refractivity contribution >= 4 is 35.0 Å². The van der Waals surface area contributed by atoms with E-state index >= 15 is 0 Å². The third-order valence-electron chi connectivity index (χ3n) is 4.30. The van der Waals surface area contributed by atoms with Gasteiger partial charge in [0.15, 0.2) is 0 Å². The van der Waals surface area contributed by atoms with E-state index in [2.05, 4.69) is 4.57 Å². The Hall–Kier alpha value is -2.80. The van der Waals surface area contributed by atoms with Crippen molar-refractivity contribution in [3.63, 3.8) is 0 Å². The van der Waals surface area contributed by atoms with Crippen molar-refractivity contribution < 1.29 is 19.1 Å². The SMILES string of the molecule is Cc1cc(/C=C2\SC(=O)N(CC(=O)OC(C)C)C2=O)c(C)n1-c1ccccc1. The molecule has 0 atom stereocenters. The summed E-state index contributed by atoms with van der Waals surface area (Å²) in [6.45, 7) is 7.02. The molecule has 1 saturated heterocycles. The number of ether oxygens (including phenoxy) is 1. The lowest BCUT2D eigenvalue weighted by atomic mass is 10.2. The number of imide groups is 1. The Morgan fingerprint density at radius 1 is 1.18 bits per heavy atom. The van der Waals surface area contributed by atoms with Gasteiger partial charge >= 0.3 is 5.97 Å². The molecular formula is C21H22N2O4S. The molecule has 0 bridgehead atoms. The van der Waals surface area contributed by atoms with Crippen LogP contribution in [0.15, 0.2) is 41.3 Å². The molecule has 2 heterocycles. The molecule has 2 aromatic rings. The standard InChI is InChI=1S/C21H22N2O4S/c1-13(2)27-19(24)12-22-20(25)18(28-21(22)26)11-16-10-14(3)23(15(16)4)17-8-6-5-7-9-17/h5-11,13H,12H2,1-4H3/b18-11-. The number of nitrogens with zero attached hydrogens (tertiary/aromatic N) is 2. The normalized spacial score (nSPS) is 15.8. The first-order valence-corrected chi connectivity index (χ1v) is 9.78. The molecule has 1 aromatic carbocycles. The molecule has 1 aliphatic rings. The van der Waals surface area contributed by atoms with Crippen molar-refractivity contribution in [1.29, 1.82) is 0 Å². The van der Waals surface area contributed by atoms with Crippen LogP contribution in [0, 0.1) is 13.8 Å². The Morgan fingerprint density at radius 3 is 2.50 bits per heavy atom. The lowest BCUT2D eigenvalue weighted by Crippen LogP contribution is -2.35. The van der Waals surface area contributed by atoms with Gasteiger partial charge in [-0.1, -0.05) is 18.2 Å². The maximum Gasteiger partial charge on any atom is 0.326 e. The van der Waals surface area contributed by atoms with E-state index in [0.29, 0.717) is 4.91 Å². The molecule has 1 aromatic heterocycles. The van der Waals surface area contributed by atoms with E-state index in [1.54, 1.807) is 19.9 Å². The number of hydrogen-bond donors (Lipinski definition) is 0. The molecule has 1 fully saturated rings. The summed E-state index contributed by atoms with van der Waals surface area (Å²) >= 11 is 0.839. The maximum absolute atomic E-state index is 12.6. The van der Waals surface area contributed by atoms with Gasteiger partial charge in [-0.05, 0) is 69.3 Å². The predicted molar refractivity (Wildman–Crippen MR) is 109 cm³/mol. The van der Waals surface area contributed by atoms with Crippen molar-refractivity contribution in [3.05, 3.63) is 58.3 Å². The number of para-hydroxylation sites is 1. The van der Waals surface area contributed by atoms with E-state index in [1.807, 2.05) is 50.2 Å². The zero-order valence-electron chi connectivity index (χ0n) is 16.3. The molecule has 0 spiro atoms. The zero-order valence-corrected chi connectivity index (χ0v) is 17.1. The first-order chi connectivity index (χ1) is 13.3. The van der Waals surface area contributed by atoms with Crippen LogP contribution in [0.25, 0.3) is 11.8 Å². The summed E-state index contributed by atoms with van der Waals surface area (Å²) in [7, 11) is 0. The maximum atomic E-state index is 12.6. The van der Waals surface area contributed by atoms with E-state index in [1.165, 1.54) is 0 Å². The quantitative estimate of drug-likeness (QED) is 0.561. The van der Waals surface area contributed by atoms with Crippen LogP contribution in [0.1, 0.15) is 30.8 Å². The Balaban J connectivity index is 1.86. The number of rotatable bonds is 5. The molecule has 0 unspecified atom stereocenters. The summed E-state index contributed by atoms with van der Waals surface area (Å²) in [5.41, 5.74) is 3.88. The van der Waals surface area contributed by atoms with E-state index in [-0.39, 0.29) is 12.6 Å². The third kappa shape index (κ3) is 4.04. The summed E-state index contributed by atoms with van der Waals surface area (Å²) in [6.07, 6.45) is 1.41. The molecular weight excluding hydrogens is 376 g/mol. The van der Waals surface area contributed by atoms with Crippen LogP contribution in [0.5, 0.6) is 0 Å². The van der Waals surface area contributed by atoms with Crippen molar-refractivity contribution in [3.8, 4) is 5.69 Å². The number of aromatic nitrogens is 1. The highest BCUT2D eigenvalue weighted by Crippen LogP contribution is 2.33. The lowest BCUT2D eigenvalue weighted by Gasteiger charge is -2.13. The van der Waals surface area contributed by atoms with Crippen molar-refractivity contribution in [2.45, 2.75) is 33.8 Å². The summed E-state index contributed by atoms with van der Waals surface area (Å²) in [5.74, 6) is -1.07. The van der Waals surface area contributed by atoms with Crippen LogP contribution in [0.3, 0.4) is 0 Å². The number of aryl methyl sites for hydroxylation is 1. The number of amides is 2. The summed E-state index contributed by atoms with van der Waals surface area (Å²) < 4.78 is 7.13. The number of esters is 1. The van der Waals surface area contributed by atoms with Crippen LogP contribution in [0.2, 0.25) is 0 Å². The molecule has 28 heavy (non-hydrogen) atoms. The topological polar surface area (TPSA) is 68.6 Å². The molecule has 0 radical (unpaired) electrons. The smallest absolute Gasteiger partial charge is 0.326 e. The fourth-order valence-electron chi connectivity index (χ4n) is 3.11. The summed E-state index contributed by atoms with van der Waals surface area (Å²) in [6, 6.07) is 11.9. The fourth-order valence-corrected chi connectivity index (χ4v) is 3.94. The third-order valence-corrected chi connectivity index (χ3v) is 5.21. The van der Waals surface area contributed by atoms with E-state index < -0.39 is 17.1 Å². The zero-order chi connectivity index (χ0) is 20.4. The molecule has 1 aliphatic heterocycles. The molecule has 146 valence electrons. The van der Waals surface area contributed by atoms with Gasteiger partial charge in [-0.25, -0.2) is 0 Å². The van der Waals surface area contributed by atoms with Crippen LogP contribution in [0.4, 0.5) is 4.79 Å². The van der Waals surface area contributed by atoms with Gasteiger partial charge in [0.1, 0.15) is 6.54 Å². The highest BCUT2D eigenvalue weighted by Gasteiger charge is 2.37. The van der Waals surface area contributed by atoms with Gasteiger partial charge in [-0.3, -0.25) is 19.3 Å². The first-order valence-electron chi connectivity index (χ1n) is 8.97. The van der Waals surface area contributed by atoms with Crippen LogP contribution < -0.4 is 0 Å². The number of hydrogen-bond acceptors (Lipinski definition) is 5. The first kappa shape index (κ1) is 19.9. The number of thioether (sulfide) groups is 1. The predicted octanol–water partition coefficient (Wildman–Crippen LogP) is 4.08. The number of carbonyl (C=O) groups is 3. The van der Waals surface area contributed by atoms with Gasteiger partial charge in [0.2, 0.25) is 0 Å². The van der Waals surface area contributed by atoms with E-state index in [0.717, 1.165) is 39.3 Å². The molecule has 2 amide bonds. The van der Waals surface area contributed by atoms with Gasteiger partial charge in [-0.2, -0.15) is 0 Å². The Kier molecular flexibility index (Phi) is 5.74. The molecule has 6 nitrogen and oxygen atoms in total. The Morgan fingerprint density at radius 2 is 1.86 bits per heavy atom. The minimum Gasteiger partial charge on any atom is -0.462 e. The van der Waals surface area contributed by atoms with Gasteiger partial charge in [0.25, 0.3) is 11.1 Å². The number of carbonyl (C=O) groups excluding carboxylic acids is 3. The van der Waals surface area contributed by atoms with E-state index in [9.17, 15) is 14.4 Å². The molecule has 0 N–H and O–H groups in total. The van der Waals surface area contributed by atoms with Crippen molar-refractivity contribution in [1.82, 2.24) is 9.47 Å². The second-order valence-electron chi connectivity index (χ2n) is 6.80. The average molecular weight is 398 g/mol. The summed E-state index contributed by atoms with van der Waals surface area (Å²) in [5, 5.41) is -0.464. The lowest BCUT2D eigenvalue weighted by molar-refractivity contribution is -0.149. The van der Waals surface area contributed by atoms with Crippen LogP contribution >= 0.6 is 11.8 Å². The van der Waals surface area contributed by atoms with Gasteiger partial charge in [0, 0.05) is 17.1 Å². The van der Waals surface area contributed by atoms with E-state index in [4.69, 9.17) is 4.74 Å². The van der Waals surface area contributed by atoms with Crippen LogP contribution in [-0.2, 0) is 14.3 Å². The van der Waals surface area contributed by atoms with Crippen molar-refractivity contribution in [2.75, 3.05) is 6.54 Å². The van der Waals surface area contributed by atoms with Gasteiger partial charge in [0.05, 0.1) is 11.0 Å². The highest BCUT2D eigenvalue weighted by molar-refractivity contribution is 8.18. The van der Waals surface area contributed by atoms with Gasteiger partial charge in [-0.15, -0.1) is 0 Å². The largest absolute Gasteiger partial charge is 0.462 e. The minimum atomic E-state index is -0.596. The van der Waals surface area contributed by atoms with Crippen LogP contribution in [-0.4, -0.2) is 39.2 Å². The molecule has 0 saturated carbocycles.